The summed E-state index contributed by atoms with van der Waals surface area (Å²) in [5.41, 5.74) is 3.59. The molecule has 2 aromatic heterocycles. The van der Waals surface area contributed by atoms with Crippen LogP contribution >= 0.6 is 11.3 Å². The van der Waals surface area contributed by atoms with Crippen molar-refractivity contribution in [2.75, 3.05) is 5.32 Å². The SMILES string of the molecule is CC1(C)C2CCC1(C(=O)Nc1nc3ccccc3s1)c1nc3ccccc3nc12. The van der Waals surface area contributed by atoms with Crippen LogP contribution in [0.2, 0.25) is 0 Å². The first-order valence-electron chi connectivity index (χ1n) is 9.95. The zero-order chi connectivity index (χ0) is 19.8. The standard InChI is InChI=1S/C23H20N4OS/c1-22(2)13-11-12-23(22,19-18(13)24-14-7-3-4-8-15(14)25-19)20(28)27-21-26-16-9-5-6-10-17(16)29-21/h3-10,13H,11-12H2,1-2H3,(H,26,27,28). The fraction of sp³-hybridized carbons (Fsp3) is 0.304. The largest absolute Gasteiger partial charge is 0.301 e. The van der Waals surface area contributed by atoms with Crippen LogP contribution in [0.15, 0.2) is 48.5 Å². The Labute approximate surface area is 172 Å². The van der Waals surface area contributed by atoms with Crippen LogP contribution in [0.5, 0.6) is 0 Å². The average molecular weight is 401 g/mol. The second-order valence-corrected chi connectivity index (χ2v) is 9.64. The van der Waals surface area contributed by atoms with Crippen LogP contribution in [0.25, 0.3) is 21.3 Å². The van der Waals surface area contributed by atoms with Crippen LogP contribution in [-0.2, 0) is 10.2 Å². The van der Waals surface area contributed by atoms with E-state index in [0.29, 0.717) is 5.13 Å². The van der Waals surface area contributed by atoms with Crippen molar-refractivity contribution in [3.05, 3.63) is 59.9 Å². The summed E-state index contributed by atoms with van der Waals surface area (Å²) in [6.07, 6.45) is 1.75. The molecule has 2 aromatic carbocycles. The molecule has 1 N–H and O–H groups in total. The lowest BCUT2D eigenvalue weighted by molar-refractivity contribution is -0.124. The number of carbonyl (C=O) groups is 1. The highest BCUT2D eigenvalue weighted by molar-refractivity contribution is 7.22. The van der Waals surface area contributed by atoms with E-state index < -0.39 is 5.41 Å². The first kappa shape index (κ1) is 17.0. The van der Waals surface area contributed by atoms with Gasteiger partial charge in [0.1, 0.15) is 0 Å². The molecule has 0 saturated heterocycles. The summed E-state index contributed by atoms with van der Waals surface area (Å²) in [5.74, 6) is 0.239. The van der Waals surface area contributed by atoms with Gasteiger partial charge in [0.15, 0.2) is 5.13 Å². The summed E-state index contributed by atoms with van der Waals surface area (Å²) in [4.78, 5) is 28.3. The predicted octanol–water partition coefficient (Wildman–Crippen LogP) is 5.03. The molecule has 0 spiro atoms. The Bertz CT molecular complexity index is 1280. The highest BCUT2D eigenvalue weighted by Crippen LogP contribution is 2.67. The van der Waals surface area contributed by atoms with Crippen molar-refractivity contribution in [1.82, 2.24) is 15.0 Å². The molecule has 144 valence electrons. The number of carbonyl (C=O) groups excluding carboxylic acids is 1. The maximum atomic E-state index is 13.8. The van der Waals surface area contributed by atoms with Crippen molar-refractivity contribution in [2.24, 2.45) is 5.41 Å². The van der Waals surface area contributed by atoms with Crippen LogP contribution in [0, 0.1) is 5.41 Å². The van der Waals surface area contributed by atoms with Gasteiger partial charge in [0, 0.05) is 5.92 Å². The zero-order valence-corrected chi connectivity index (χ0v) is 17.1. The summed E-state index contributed by atoms with van der Waals surface area (Å²) in [7, 11) is 0. The van der Waals surface area contributed by atoms with E-state index in [1.54, 1.807) is 0 Å². The number of para-hydroxylation sites is 3. The number of nitrogens with one attached hydrogen (secondary N) is 1. The van der Waals surface area contributed by atoms with Gasteiger partial charge in [0.25, 0.3) is 0 Å². The third-order valence-electron chi connectivity index (χ3n) is 7.01. The summed E-state index contributed by atoms with van der Waals surface area (Å²) >= 11 is 1.51. The molecule has 2 heterocycles. The van der Waals surface area contributed by atoms with Gasteiger partial charge in [-0.3, -0.25) is 4.79 Å². The maximum Gasteiger partial charge on any atom is 0.239 e. The van der Waals surface area contributed by atoms with Gasteiger partial charge in [-0.25, -0.2) is 15.0 Å². The van der Waals surface area contributed by atoms with E-state index in [9.17, 15) is 4.79 Å². The fourth-order valence-corrected chi connectivity index (χ4v) is 6.32. The smallest absolute Gasteiger partial charge is 0.239 e. The maximum absolute atomic E-state index is 13.8. The molecular weight excluding hydrogens is 380 g/mol. The second kappa shape index (κ2) is 5.60. The van der Waals surface area contributed by atoms with Crippen molar-refractivity contribution >= 4 is 43.6 Å². The van der Waals surface area contributed by atoms with E-state index in [1.165, 1.54) is 11.3 Å². The Morgan fingerprint density at radius 1 is 1.00 bits per heavy atom. The number of benzene rings is 2. The van der Waals surface area contributed by atoms with Gasteiger partial charge in [-0.1, -0.05) is 49.4 Å². The van der Waals surface area contributed by atoms with E-state index in [1.807, 2.05) is 48.5 Å². The number of thiazole rings is 1. The number of amides is 1. The first-order chi connectivity index (χ1) is 14.0. The van der Waals surface area contributed by atoms with Gasteiger partial charge < -0.3 is 5.32 Å². The highest BCUT2D eigenvalue weighted by Gasteiger charge is 2.67. The Morgan fingerprint density at radius 3 is 2.45 bits per heavy atom. The van der Waals surface area contributed by atoms with Gasteiger partial charge >= 0.3 is 0 Å². The Morgan fingerprint density at radius 2 is 1.69 bits per heavy atom. The van der Waals surface area contributed by atoms with Gasteiger partial charge in [-0.15, -0.1) is 0 Å². The molecule has 2 aliphatic carbocycles. The fourth-order valence-electron chi connectivity index (χ4n) is 5.46. The number of hydrogen-bond acceptors (Lipinski definition) is 5. The molecule has 1 amide bonds. The van der Waals surface area contributed by atoms with Crippen molar-refractivity contribution in [3.8, 4) is 0 Å². The lowest BCUT2D eigenvalue weighted by Crippen LogP contribution is -2.46. The van der Waals surface area contributed by atoms with Crippen LogP contribution in [-0.4, -0.2) is 20.9 Å². The number of rotatable bonds is 2. The molecule has 2 aliphatic rings. The zero-order valence-electron chi connectivity index (χ0n) is 16.3. The highest BCUT2D eigenvalue weighted by atomic mass is 32.1. The molecule has 29 heavy (non-hydrogen) atoms. The van der Waals surface area contributed by atoms with Gasteiger partial charge in [0.05, 0.1) is 38.1 Å². The first-order valence-corrected chi connectivity index (χ1v) is 10.8. The van der Waals surface area contributed by atoms with Gasteiger partial charge in [-0.05, 0) is 42.5 Å². The number of fused-ring (bicyclic) bond motifs is 7. The Kier molecular flexibility index (Phi) is 3.29. The molecule has 4 aromatic rings. The van der Waals surface area contributed by atoms with E-state index in [0.717, 1.165) is 45.5 Å². The monoisotopic (exact) mass is 400 g/mol. The molecule has 1 saturated carbocycles. The lowest BCUT2D eigenvalue weighted by atomic mass is 9.67. The molecule has 2 bridgehead atoms. The van der Waals surface area contributed by atoms with Gasteiger partial charge in [0.2, 0.25) is 5.91 Å². The van der Waals surface area contributed by atoms with Crippen LogP contribution < -0.4 is 5.32 Å². The summed E-state index contributed by atoms with van der Waals surface area (Å²) in [6.45, 7) is 4.38. The minimum absolute atomic E-state index is 0.00705. The van der Waals surface area contributed by atoms with E-state index in [4.69, 9.17) is 9.97 Å². The predicted molar refractivity (Wildman–Crippen MR) is 115 cm³/mol. The van der Waals surface area contributed by atoms with Crippen molar-refractivity contribution in [1.29, 1.82) is 0 Å². The van der Waals surface area contributed by atoms with E-state index >= 15 is 0 Å². The third-order valence-corrected chi connectivity index (χ3v) is 7.96. The second-order valence-electron chi connectivity index (χ2n) is 8.61. The van der Waals surface area contributed by atoms with Crippen LogP contribution in [0.4, 0.5) is 5.13 Å². The molecular formula is C23H20N4OS. The molecule has 0 radical (unpaired) electrons. The van der Waals surface area contributed by atoms with Crippen molar-refractivity contribution < 1.29 is 4.79 Å². The topological polar surface area (TPSA) is 67.8 Å². The number of nitrogens with zero attached hydrogens (tertiary/aromatic N) is 3. The summed E-state index contributed by atoms with van der Waals surface area (Å²) < 4.78 is 1.07. The molecule has 2 atom stereocenters. The number of hydrogen-bond donors (Lipinski definition) is 1. The van der Waals surface area contributed by atoms with Crippen molar-refractivity contribution in [2.45, 2.75) is 38.0 Å². The van der Waals surface area contributed by atoms with Crippen LogP contribution in [0.1, 0.15) is 44.0 Å². The molecule has 2 unspecified atom stereocenters. The summed E-state index contributed by atoms with van der Waals surface area (Å²) in [5, 5.41) is 3.78. The quantitative estimate of drug-likeness (QED) is 0.512. The van der Waals surface area contributed by atoms with Gasteiger partial charge in [-0.2, -0.15) is 0 Å². The minimum atomic E-state index is -0.679. The minimum Gasteiger partial charge on any atom is -0.301 e. The summed E-state index contributed by atoms with van der Waals surface area (Å²) in [6, 6.07) is 15.9. The molecule has 6 rings (SSSR count). The van der Waals surface area contributed by atoms with Crippen molar-refractivity contribution in [3.63, 3.8) is 0 Å². The lowest BCUT2D eigenvalue weighted by Gasteiger charge is -2.35. The average Bonchev–Trinajstić information content (AvgIpc) is 3.30. The Balaban J connectivity index is 1.49. The number of aromatic nitrogens is 3. The third kappa shape index (κ3) is 2.10. The van der Waals surface area contributed by atoms with Crippen LogP contribution in [0.3, 0.4) is 0 Å². The molecule has 0 aliphatic heterocycles. The molecule has 1 fully saturated rings. The molecule has 6 heteroatoms. The van der Waals surface area contributed by atoms with E-state index in [-0.39, 0.29) is 17.2 Å². The Hall–Kier alpha value is -2.86. The molecule has 5 nitrogen and oxygen atoms in total. The number of anilines is 1. The normalized spacial score (nSPS) is 24.1. The van der Waals surface area contributed by atoms with E-state index in [2.05, 4.69) is 24.1 Å².